The summed E-state index contributed by atoms with van der Waals surface area (Å²) in [6.07, 6.45) is 3.87. The van der Waals surface area contributed by atoms with Gasteiger partial charge in [-0.3, -0.25) is 4.79 Å². The van der Waals surface area contributed by atoms with Crippen molar-refractivity contribution in [3.05, 3.63) is 59.9 Å². The highest BCUT2D eigenvalue weighted by Gasteiger charge is 2.28. The van der Waals surface area contributed by atoms with Crippen molar-refractivity contribution in [3.63, 3.8) is 0 Å². The average molecular weight is 421 g/mol. The molecular weight excluding hydrogens is 388 g/mol. The summed E-state index contributed by atoms with van der Waals surface area (Å²) in [5.41, 5.74) is 3.76. The minimum absolute atomic E-state index is 0.0273. The van der Waals surface area contributed by atoms with E-state index in [2.05, 4.69) is 34.4 Å². The second-order valence-electron chi connectivity index (χ2n) is 8.67. The molecule has 0 spiro atoms. The number of piperidine rings is 1. The van der Waals surface area contributed by atoms with Crippen LogP contribution in [-0.4, -0.2) is 64.6 Å². The number of hydrogen-bond donors (Lipinski definition) is 0. The molecule has 31 heavy (non-hydrogen) atoms. The number of para-hydroxylation sites is 2. The van der Waals surface area contributed by atoms with E-state index in [-0.39, 0.29) is 11.9 Å². The number of rotatable bonds is 6. The van der Waals surface area contributed by atoms with Crippen LogP contribution in [0.4, 0.5) is 0 Å². The predicted octanol–water partition coefficient (Wildman–Crippen LogP) is 4.04. The van der Waals surface area contributed by atoms with Crippen LogP contribution in [-0.2, 0) is 6.54 Å². The van der Waals surface area contributed by atoms with Gasteiger partial charge in [-0.1, -0.05) is 18.2 Å². The maximum atomic E-state index is 13.3. The number of aromatic nitrogens is 2. The molecule has 0 N–H and O–H groups in total. The van der Waals surface area contributed by atoms with Crippen LogP contribution in [0.2, 0.25) is 0 Å². The molecule has 6 nitrogen and oxygen atoms in total. The van der Waals surface area contributed by atoms with Gasteiger partial charge in [-0.25, -0.2) is 4.98 Å². The van der Waals surface area contributed by atoms with Gasteiger partial charge in [0.05, 0.1) is 30.0 Å². The van der Waals surface area contributed by atoms with Gasteiger partial charge in [-0.2, -0.15) is 0 Å². The van der Waals surface area contributed by atoms with Crippen LogP contribution < -0.4 is 4.74 Å². The Kier molecular flexibility index (Phi) is 6.28. The van der Waals surface area contributed by atoms with E-state index in [1.165, 1.54) is 0 Å². The van der Waals surface area contributed by atoms with E-state index in [0.717, 1.165) is 42.5 Å². The summed E-state index contributed by atoms with van der Waals surface area (Å²) in [4.78, 5) is 22.1. The van der Waals surface area contributed by atoms with Gasteiger partial charge in [0.1, 0.15) is 5.75 Å². The van der Waals surface area contributed by atoms with E-state index in [4.69, 9.17) is 4.74 Å². The number of amides is 1. The number of nitrogens with zero attached hydrogens (tertiary/aromatic N) is 4. The van der Waals surface area contributed by atoms with Crippen LogP contribution in [0.3, 0.4) is 0 Å². The fourth-order valence-electron chi connectivity index (χ4n) is 4.49. The van der Waals surface area contributed by atoms with Gasteiger partial charge in [0.2, 0.25) is 0 Å². The average Bonchev–Trinajstić information content (AvgIpc) is 3.21. The fourth-order valence-corrected chi connectivity index (χ4v) is 4.49. The van der Waals surface area contributed by atoms with Crippen molar-refractivity contribution in [2.45, 2.75) is 45.3 Å². The zero-order valence-electron chi connectivity index (χ0n) is 18.9. The topological polar surface area (TPSA) is 50.6 Å². The molecule has 4 rings (SSSR count). The summed E-state index contributed by atoms with van der Waals surface area (Å²) in [5.74, 6) is 0.651. The lowest BCUT2D eigenvalue weighted by Gasteiger charge is -2.38. The summed E-state index contributed by atoms with van der Waals surface area (Å²) in [5, 5.41) is 0. The van der Waals surface area contributed by atoms with Crippen molar-refractivity contribution in [1.82, 2.24) is 19.4 Å². The first-order valence-corrected chi connectivity index (χ1v) is 11.1. The van der Waals surface area contributed by atoms with Gasteiger partial charge in [0.15, 0.2) is 0 Å². The maximum Gasteiger partial charge on any atom is 0.257 e. The highest BCUT2D eigenvalue weighted by Crippen LogP contribution is 2.26. The smallest absolute Gasteiger partial charge is 0.257 e. The number of fused-ring (bicyclic) bond motifs is 1. The van der Waals surface area contributed by atoms with Crippen LogP contribution in [0.15, 0.2) is 48.8 Å². The van der Waals surface area contributed by atoms with E-state index < -0.39 is 0 Å². The highest BCUT2D eigenvalue weighted by atomic mass is 16.5. The van der Waals surface area contributed by atoms with Crippen LogP contribution in [0.25, 0.3) is 11.0 Å². The molecule has 1 aromatic heterocycles. The van der Waals surface area contributed by atoms with Crippen molar-refractivity contribution in [2.24, 2.45) is 0 Å². The molecule has 0 bridgehead atoms. The summed E-state index contributed by atoms with van der Waals surface area (Å²) in [6.45, 7) is 7.21. The van der Waals surface area contributed by atoms with E-state index in [1.807, 2.05) is 54.7 Å². The summed E-state index contributed by atoms with van der Waals surface area (Å²) in [7, 11) is 3.55. The largest absolute Gasteiger partial charge is 0.496 e. The fraction of sp³-hybridized carbons (Fsp3) is 0.440. The number of carbonyl (C=O) groups is 1. The molecule has 3 aromatic rings. The van der Waals surface area contributed by atoms with Crippen molar-refractivity contribution >= 4 is 16.9 Å². The Hall–Kier alpha value is -2.86. The van der Waals surface area contributed by atoms with E-state index >= 15 is 0 Å². The zero-order chi connectivity index (χ0) is 22.0. The highest BCUT2D eigenvalue weighted by molar-refractivity contribution is 5.97. The quantitative estimate of drug-likeness (QED) is 0.604. The Balaban J connectivity index is 1.49. The Morgan fingerprint density at radius 1 is 1.19 bits per heavy atom. The monoisotopic (exact) mass is 420 g/mol. The molecule has 1 amide bonds. The number of likely N-dealkylation sites (tertiary alicyclic amines) is 1. The molecule has 6 heteroatoms. The van der Waals surface area contributed by atoms with Crippen LogP contribution in [0, 0.1) is 0 Å². The van der Waals surface area contributed by atoms with Gasteiger partial charge >= 0.3 is 0 Å². The summed E-state index contributed by atoms with van der Waals surface area (Å²) < 4.78 is 7.73. The third-order valence-electron chi connectivity index (χ3n) is 6.47. The number of methoxy groups -OCH3 is 1. The van der Waals surface area contributed by atoms with Crippen LogP contribution >= 0.6 is 0 Å². The van der Waals surface area contributed by atoms with Crippen molar-refractivity contribution in [2.75, 3.05) is 27.2 Å². The SMILES string of the molecule is COc1cc(Cn2cnc3ccccc32)ccc1C(=O)N(C)C1CCN(C(C)C)CC1. The van der Waals surface area contributed by atoms with Gasteiger partial charge < -0.3 is 19.1 Å². The van der Waals surface area contributed by atoms with Crippen molar-refractivity contribution in [1.29, 1.82) is 0 Å². The Morgan fingerprint density at radius 2 is 1.94 bits per heavy atom. The lowest BCUT2D eigenvalue weighted by Crippen LogP contribution is -2.47. The van der Waals surface area contributed by atoms with E-state index in [0.29, 0.717) is 23.9 Å². The molecule has 0 atom stereocenters. The molecule has 2 heterocycles. The van der Waals surface area contributed by atoms with Crippen molar-refractivity contribution in [3.8, 4) is 5.75 Å². The predicted molar refractivity (Wildman–Crippen MR) is 124 cm³/mol. The Labute approximate surface area is 184 Å². The molecule has 0 aliphatic carbocycles. The van der Waals surface area contributed by atoms with E-state index in [9.17, 15) is 4.79 Å². The summed E-state index contributed by atoms with van der Waals surface area (Å²) in [6, 6.07) is 14.8. The number of carbonyl (C=O) groups excluding carboxylic acids is 1. The van der Waals surface area contributed by atoms with Crippen LogP contribution in [0.5, 0.6) is 5.75 Å². The van der Waals surface area contributed by atoms with Crippen molar-refractivity contribution < 1.29 is 9.53 Å². The molecule has 0 radical (unpaired) electrons. The van der Waals surface area contributed by atoms with Crippen LogP contribution in [0.1, 0.15) is 42.6 Å². The van der Waals surface area contributed by atoms with Gasteiger partial charge in [-0.05, 0) is 56.5 Å². The standard InChI is InChI=1S/C25H32N4O2/c1-18(2)28-13-11-20(12-14-28)27(3)25(30)21-10-9-19(15-24(21)31-4)16-29-17-26-22-7-5-6-8-23(22)29/h5-10,15,17-18,20H,11-14,16H2,1-4H3. The number of ether oxygens (including phenoxy) is 1. The second-order valence-corrected chi connectivity index (χ2v) is 8.67. The summed E-state index contributed by atoms with van der Waals surface area (Å²) >= 11 is 0. The van der Waals surface area contributed by atoms with Gasteiger partial charge in [-0.15, -0.1) is 0 Å². The molecule has 1 aliphatic heterocycles. The molecule has 0 unspecified atom stereocenters. The Morgan fingerprint density at radius 3 is 2.65 bits per heavy atom. The lowest BCUT2D eigenvalue weighted by molar-refractivity contribution is 0.0612. The Bertz CT molecular complexity index is 1050. The van der Waals surface area contributed by atoms with Gasteiger partial charge in [0.25, 0.3) is 5.91 Å². The third kappa shape index (κ3) is 4.44. The van der Waals surface area contributed by atoms with E-state index in [1.54, 1.807) is 7.11 Å². The second kappa shape index (κ2) is 9.10. The molecule has 2 aromatic carbocycles. The minimum atomic E-state index is 0.0273. The third-order valence-corrected chi connectivity index (χ3v) is 6.47. The number of benzene rings is 2. The molecule has 1 saturated heterocycles. The number of hydrogen-bond acceptors (Lipinski definition) is 4. The number of imidazole rings is 1. The molecule has 1 fully saturated rings. The first-order chi connectivity index (χ1) is 15.0. The normalized spacial score (nSPS) is 15.5. The molecule has 0 saturated carbocycles. The molecule has 164 valence electrons. The first-order valence-electron chi connectivity index (χ1n) is 11.1. The molecular formula is C25H32N4O2. The van der Waals surface area contributed by atoms with Gasteiger partial charge in [0, 0.05) is 38.8 Å². The maximum absolute atomic E-state index is 13.3. The first kappa shape index (κ1) is 21.4. The lowest BCUT2D eigenvalue weighted by atomic mass is 10.0. The zero-order valence-corrected chi connectivity index (χ0v) is 18.9. The minimum Gasteiger partial charge on any atom is -0.496 e. The molecule has 1 aliphatic rings.